The van der Waals surface area contributed by atoms with Crippen LogP contribution in [0.3, 0.4) is 0 Å². The summed E-state index contributed by atoms with van der Waals surface area (Å²) in [7, 11) is 0. The predicted octanol–water partition coefficient (Wildman–Crippen LogP) is 3.16. The fraction of sp³-hybridized carbons (Fsp3) is 0.600. The van der Waals surface area contributed by atoms with Gasteiger partial charge >= 0.3 is 0 Å². The van der Waals surface area contributed by atoms with Crippen molar-refractivity contribution >= 4 is 5.69 Å². The molecule has 18 heavy (non-hydrogen) atoms. The molecule has 0 amide bonds. The lowest BCUT2D eigenvalue weighted by atomic mass is 10.3. The first kappa shape index (κ1) is 14.8. The van der Waals surface area contributed by atoms with Gasteiger partial charge in [-0.2, -0.15) is 0 Å². The third kappa shape index (κ3) is 5.92. The van der Waals surface area contributed by atoms with Crippen molar-refractivity contribution in [2.75, 3.05) is 32.0 Å². The van der Waals surface area contributed by atoms with Crippen LogP contribution in [-0.2, 0) is 0 Å². The molecule has 1 aromatic rings. The number of rotatable bonds is 9. The second-order valence-electron chi connectivity index (χ2n) is 4.61. The van der Waals surface area contributed by atoms with Gasteiger partial charge < -0.3 is 15.4 Å². The van der Waals surface area contributed by atoms with Crippen LogP contribution in [0.2, 0.25) is 0 Å². The van der Waals surface area contributed by atoms with Crippen LogP contribution in [0, 0.1) is 0 Å². The van der Waals surface area contributed by atoms with E-state index < -0.39 is 0 Å². The zero-order chi connectivity index (χ0) is 13.2. The smallest absolute Gasteiger partial charge is 0.119 e. The fourth-order valence-electron chi connectivity index (χ4n) is 2.01. The van der Waals surface area contributed by atoms with Gasteiger partial charge in [0.15, 0.2) is 0 Å². The van der Waals surface area contributed by atoms with Crippen LogP contribution >= 0.6 is 0 Å². The molecule has 3 nitrogen and oxygen atoms in total. The minimum atomic E-state index is 0.772. The van der Waals surface area contributed by atoms with E-state index in [0.29, 0.717) is 0 Å². The SMILES string of the molecule is CCCN(CCC)CCCOc1ccc(N)cc1. The second kappa shape index (κ2) is 8.81. The van der Waals surface area contributed by atoms with Gasteiger partial charge in [0, 0.05) is 12.2 Å². The van der Waals surface area contributed by atoms with Gasteiger partial charge in [-0.25, -0.2) is 0 Å². The molecule has 0 atom stereocenters. The van der Waals surface area contributed by atoms with Crippen LogP contribution in [0.4, 0.5) is 5.69 Å². The van der Waals surface area contributed by atoms with Crippen molar-refractivity contribution in [1.82, 2.24) is 4.90 Å². The molecule has 0 spiro atoms. The lowest BCUT2D eigenvalue weighted by Crippen LogP contribution is -2.27. The molecule has 0 radical (unpaired) electrons. The molecular formula is C15H26N2O. The summed E-state index contributed by atoms with van der Waals surface area (Å²) in [5.74, 6) is 0.904. The van der Waals surface area contributed by atoms with E-state index in [1.165, 1.54) is 25.9 Å². The van der Waals surface area contributed by atoms with Gasteiger partial charge in [-0.1, -0.05) is 13.8 Å². The summed E-state index contributed by atoms with van der Waals surface area (Å²) < 4.78 is 5.69. The quantitative estimate of drug-likeness (QED) is 0.540. The van der Waals surface area contributed by atoms with Gasteiger partial charge in [-0.15, -0.1) is 0 Å². The average Bonchev–Trinajstić information content (AvgIpc) is 2.37. The molecule has 1 rings (SSSR count). The van der Waals surface area contributed by atoms with Crippen molar-refractivity contribution in [2.45, 2.75) is 33.1 Å². The largest absolute Gasteiger partial charge is 0.494 e. The third-order valence-electron chi connectivity index (χ3n) is 2.85. The Balaban J connectivity index is 2.18. The molecule has 0 saturated carbocycles. The zero-order valence-electron chi connectivity index (χ0n) is 11.7. The van der Waals surface area contributed by atoms with E-state index in [0.717, 1.165) is 31.0 Å². The van der Waals surface area contributed by atoms with Gasteiger partial charge in [0.1, 0.15) is 5.75 Å². The van der Waals surface area contributed by atoms with Crippen molar-refractivity contribution in [3.8, 4) is 5.75 Å². The molecule has 0 unspecified atom stereocenters. The maximum Gasteiger partial charge on any atom is 0.119 e. The van der Waals surface area contributed by atoms with Gasteiger partial charge in [0.25, 0.3) is 0 Å². The van der Waals surface area contributed by atoms with E-state index in [9.17, 15) is 0 Å². The van der Waals surface area contributed by atoms with Gasteiger partial charge in [0.05, 0.1) is 6.61 Å². The Labute approximate surface area is 111 Å². The number of hydrogen-bond donors (Lipinski definition) is 1. The molecule has 0 aliphatic rings. The summed E-state index contributed by atoms with van der Waals surface area (Å²) in [5.41, 5.74) is 6.40. The van der Waals surface area contributed by atoms with Crippen LogP contribution < -0.4 is 10.5 Å². The standard InChI is InChI=1S/C15H26N2O/c1-3-10-17(11-4-2)12-5-13-18-15-8-6-14(16)7-9-15/h6-9H,3-5,10-13,16H2,1-2H3. The Morgan fingerprint density at radius 2 is 1.61 bits per heavy atom. The number of nitrogen functional groups attached to an aromatic ring is 1. The second-order valence-corrected chi connectivity index (χ2v) is 4.61. The molecule has 0 heterocycles. The highest BCUT2D eigenvalue weighted by Gasteiger charge is 2.02. The molecule has 1 aromatic carbocycles. The number of nitrogens with zero attached hydrogens (tertiary/aromatic N) is 1. The first-order valence-electron chi connectivity index (χ1n) is 6.97. The maximum atomic E-state index is 5.69. The normalized spacial score (nSPS) is 10.8. The maximum absolute atomic E-state index is 5.69. The molecule has 0 aliphatic heterocycles. The molecule has 3 heteroatoms. The Bertz CT molecular complexity index is 305. The molecule has 0 fully saturated rings. The highest BCUT2D eigenvalue weighted by molar-refractivity contribution is 5.41. The number of benzene rings is 1. The van der Waals surface area contributed by atoms with Crippen molar-refractivity contribution in [2.24, 2.45) is 0 Å². The fourth-order valence-corrected chi connectivity index (χ4v) is 2.01. The monoisotopic (exact) mass is 250 g/mol. The highest BCUT2D eigenvalue weighted by atomic mass is 16.5. The first-order chi connectivity index (χ1) is 8.76. The molecular weight excluding hydrogens is 224 g/mol. The molecule has 102 valence electrons. The van der Waals surface area contributed by atoms with E-state index in [1.54, 1.807) is 0 Å². The molecule has 0 aromatic heterocycles. The Hall–Kier alpha value is -1.22. The molecule has 0 bridgehead atoms. The van der Waals surface area contributed by atoms with Crippen molar-refractivity contribution < 1.29 is 4.74 Å². The van der Waals surface area contributed by atoms with Crippen LogP contribution in [-0.4, -0.2) is 31.1 Å². The Morgan fingerprint density at radius 3 is 2.17 bits per heavy atom. The summed E-state index contributed by atoms with van der Waals surface area (Å²) in [6.45, 7) is 8.73. The van der Waals surface area contributed by atoms with E-state index in [-0.39, 0.29) is 0 Å². The highest BCUT2D eigenvalue weighted by Crippen LogP contribution is 2.13. The molecule has 2 N–H and O–H groups in total. The van der Waals surface area contributed by atoms with Crippen LogP contribution in [0.15, 0.2) is 24.3 Å². The molecule has 0 aliphatic carbocycles. The summed E-state index contributed by atoms with van der Waals surface area (Å²) in [6, 6.07) is 7.59. The number of anilines is 1. The number of ether oxygens (including phenoxy) is 1. The van der Waals surface area contributed by atoms with E-state index >= 15 is 0 Å². The minimum Gasteiger partial charge on any atom is -0.494 e. The van der Waals surface area contributed by atoms with E-state index in [4.69, 9.17) is 10.5 Å². The van der Waals surface area contributed by atoms with Crippen LogP contribution in [0.5, 0.6) is 5.75 Å². The van der Waals surface area contributed by atoms with E-state index in [1.807, 2.05) is 24.3 Å². The van der Waals surface area contributed by atoms with Gasteiger partial charge in [0.2, 0.25) is 0 Å². The summed E-state index contributed by atoms with van der Waals surface area (Å²) >= 11 is 0. The number of nitrogens with two attached hydrogens (primary N) is 1. The lowest BCUT2D eigenvalue weighted by Gasteiger charge is -2.20. The third-order valence-corrected chi connectivity index (χ3v) is 2.85. The average molecular weight is 250 g/mol. The summed E-state index contributed by atoms with van der Waals surface area (Å²) in [5, 5.41) is 0. The predicted molar refractivity (Wildman–Crippen MR) is 78.0 cm³/mol. The first-order valence-corrected chi connectivity index (χ1v) is 6.97. The van der Waals surface area contributed by atoms with Crippen LogP contribution in [0.25, 0.3) is 0 Å². The van der Waals surface area contributed by atoms with Gasteiger partial charge in [-0.3, -0.25) is 0 Å². The number of hydrogen-bond acceptors (Lipinski definition) is 3. The van der Waals surface area contributed by atoms with Crippen molar-refractivity contribution in [1.29, 1.82) is 0 Å². The van der Waals surface area contributed by atoms with Crippen molar-refractivity contribution in [3.63, 3.8) is 0 Å². The Morgan fingerprint density at radius 1 is 1.00 bits per heavy atom. The summed E-state index contributed by atoms with van der Waals surface area (Å²) in [6.07, 6.45) is 3.52. The summed E-state index contributed by atoms with van der Waals surface area (Å²) in [4.78, 5) is 2.51. The lowest BCUT2D eigenvalue weighted by molar-refractivity contribution is 0.234. The molecule has 0 saturated heterocycles. The Kier molecular flexibility index (Phi) is 7.26. The topological polar surface area (TPSA) is 38.5 Å². The van der Waals surface area contributed by atoms with Crippen LogP contribution in [0.1, 0.15) is 33.1 Å². The minimum absolute atomic E-state index is 0.772. The van der Waals surface area contributed by atoms with Crippen molar-refractivity contribution in [3.05, 3.63) is 24.3 Å². The zero-order valence-corrected chi connectivity index (χ0v) is 11.7. The van der Waals surface area contributed by atoms with E-state index in [2.05, 4.69) is 18.7 Å². The van der Waals surface area contributed by atoms with Gasteiger partial charge in [-0.05, 0) is 56.6 Å².